The molecule has 15 heavy (non-hydrogen) atoms. The van der Waals surface area contributed by atoms with Crippen LogP contribution in [0.5, 0.6) is 0 Å². The van der Waals surface area contributed by atoms with Gasteiger partial charge in [-0.2, -0.15) is 0 Å². The van der Waals surface area contributed by atoms with Crippen molar-refractivity contribution >= 4 is 11.5 Å². The first-order valence-electron chi connectivity index (χ1n) is 5.10. The molecule has 0 amide bonds. The molecule has 0 atom stereocenters. The summed E-state index contributed by atoms with van der Waals surface area (Å²) in [6.07, 6.45) is 0.102. The lowest BCUT2D eigenvalue weighted by Crippen LogP contribution is -2.21. The number of hydrogen-bond donors (Lipinski definition) is 1. The van der Waals surface area contributed by atoms with E-state index in [-0.39, 0.29) is 18.5 Å². The Kier molecular flexibility index (Phi) is 4.84. The number of ether oxygens (including phenoxy) is 1. The Labute approximate surface area is 90.4 Å². The SMILES string of the molecule is CC(C)OCC(=O)CNc1ccccc1. The van der Waals surface area contributed by atoms with Crippen molar-refractivity contribution < 1.29 is 9.53 Å². The van der Waals surface area contributed by atoms with Gasteiger partial charge in [-0.3, -0.25) is 4.79 Å². The van der Waals surface area contributed by atoms with Gasteiger partial charge in [0.1, 0.15) is 6.61 Å². The van der Waals surface area contributed by atoms with E-state index in [1.807, 2.05) is 44.2 Å². The third-order valence-electron chi connectivity index (χ3n) is 1.84. The highest BCUT2D eigenvalue weighted by Crippen LogP contribution is 2.03. The van der Waals surface area contributed by atoms with Crippen molar-refractivity contribution in [2.24, 2.45) is 0 Å². The molecule has 0 fully saturated rings. The van der Waals surface area contributed by atoms with Crippen LogP contribution in [0.3, 0.4) is 0 Å². The molecule has 0 radical (unpaired) electrons. The van der Waals surface area contributed by atoms with E-state index in [0.29, 0.717) is 6.54 Å². The standard InChI is InChI=1S/C12H17NO2/c1-10(2)15-9-12(14)8-13-11-6-4-3-5-7-11/h3-7,10,13H,8-9H2,1-2H3. The molecule has 0 aromatic heterocycles. The van der Waals surface area contributed by atoms with Crippen molar-refractivity contribution in [2.75, 3.05) is 18.5 Å². The summed E-state index contributed by atoms with van der Waals surface area (Å²) >= 11 is 0. The molecular weight excluding hydrogens is 190 g/mol. The summed E-state index contributed by atoms with van der Waals surface area (Å²) in [5.74, 6) is 0.0625. The summed E-state index contributed by atoms with van der Waals surface area (Å²) in [5, 5.41) is 3.04. The maximum atomic E-state index is 11.3. The molecule has 0 unspecified atom stereocenters. The van der Waals surface area contributed by atoms with Crippen LogP contribution in [-0.2, 0) is 9.53 Å². The van der Waals surface area contributed by atoms with E-state index >= 15 is 0 Å². The second kappa shape index (κ2) is 6.19. The molecule has 3 heteroatoms. The van der Waals surface area contributed by atoms with Crippen molar-refractivity contribution in [3.8, 4) is 0 Å². The van der Waals surface area contributed by atoms with Gasteiger partial charge in [0.05, 0.1) is 12.6 Å². The summed E-state index contributed by atoms with van der Waals surface area (Å²) in [6.45, 7) is 4.32. The maximum Gasteiger partial charge on any atom is 0.177 e. The predicted molar refractivity (Wildman–Crippen MR) is 61.0 cm³/mol. The number of hydrogen-bond acceptors (Lipinski definition) is 3. The molecular formula is C12H17NO2. The van der Waals surface area contributed by atoms with Crippen LogP contribution in [0.2, 0.25) is 0 Å². The Morgan fingerprint density at radius 3 is 2.60 bits per heavy atom. The molecule has 0 saturated heterocycles. The highest BCUT2D eigenvalue weighted by atomic mass is 16.5. The van der Waals surface area contributed by atoms with E-state index in [1.165, 1.54) is 0 Å². The van der Waals surface area contributed by atoms with Gasteiger partial charge in [-0.15, -0.1) is 0 Å². The fourth-order valence-electron chi connectivity index (χ4n) is 1.07. The second-order valence-corrected chi connectivity index (χ2v) is 3.62. The molecule has 3 nitrogen and oxygen atoms in total. The molecule has 0 heterocycles. The van der Waals surface area contributed by atoms with Gasteiger partial charge in [-0.25, -0.2) is 0 Å². The first kappa shape index (κ1) is 11.7. The monoisotopic (exact) mass is 207 g/mol. The van der Waals surface area contributed by atoms with Crippen LogP contribution >= 0.6 is 0 Å². The lowest BCUT2D eigenvalue weighted by Gasteiger charge is -2.08. The molecule has 0 aliphatic rings. The molecule has 0 bridgehead atoms. The molecule has 0 spiro atoms. The second-order valence-electron chi connectivity index (χ2n) is 3.62. The lowest BCUT2D eigenvalue weighted by molar-refractivity contribution is -0.123. The number of rotatable bonds is 6. The van der Waals surface area contributed by atoms with Crippen molar-refractivity contribution in [2.45, 2.75) is 20.0 Å². The number of carbonyl (C=O) groups is 1. The zero-order valence-corrected chi connectivity index (χ0v) is 9.19. The van der Waals surface area contributed by atoms with Crippen molar-refractivity contribution in [1.29, 1.82) is 0 Å². The van der Waals surface area contributed by atoms with E-state index < -0.39 is 0 Å². The number of ketones is 1. The minimum absolute atomic E-state index is 0.0625. The topological polar surface area (TPSA) is 38.3 Å². The summed E-state index contributed by atoms with van der Waals surface area (Å²) < 4.78 is 5.20. The summed E-state index contributed by atoms with van der Waals surface area (Å²) in [4.78, 5) is 11.3. The molecule has 0 aliphatic heterocycles. The van der Waals surface area contributed by atoms with Crippen LogP contribution in [0.1, 0.15) is 13.8 Å². The number of benzene rings is 1. The van der Waals surface area contributed by atoms with E-state index in [4.69, 9.17) is 4.74 Å². The van der Waals surface area contributed by atoms with Gasteiger partial charge in [-0.1, -0.05) is 18.2 Å². The van der Waals surface area contributed by atoms with E-state index in [2.05, 4.69) is 5.32 Å². The minimum atomic E-state index is 0.0625. The summed E-state index contributed by atoms with van der Waals surface area (Å²) in [7, 11) is 0. The zero-order valence-electron chi connectivity index (χ0n) is 9.19. The first-order chi connectivity index (χ1) is 7.18. The van der Waals surface area contributed by atoms with Crippen LogP contribution in [0.15, 0.2) is 30.3 Å². The van der Waals surface area contributed by atoms with Crippen LogP contribution in [-0.4, -0.2) is 25.0 Å². The van der Waals surface area contributed by atoms with Gasteiger partial charge in [0, 0.05) is 5.69 Å². The zero-order chi connectivity index (χ0) is 11.1. The highest BCUT2D eigenvalue weighted by molar-refractivity contribution is 5.84. The van der Waals surface area contributed by atoms with Gasteiger partial charge in [0.2, 0.25) is 0 Å². The van der Waals surface area contributed by atoms with Crippen molar-refractivity contribution in [1.82, 2.24) is 0 Å². The lowest BCUT2D eigenvalue weighted by atomic mass is 10.3. The minimum Gasteiger partial charge on any atom is -0.378 e. The largest absolute Gasteiger partial charge is 0.378 e. The van der Waals surface area contributed by atoms with Gasteiger partial charge >= 0.3 is 0 Å². The van der Waals surface area contributed by atoms with Crippen LogP contribution in [0.4, 0.5) is 5.69 Å². The Morgan fingerprint density at radius 2 is 2.00 bits per heavy atom. The normalized spacial score (nSPS) is 10.3. The van der Waals surface area contributed by atoms with Crippen molar-refractivity contribution in [3.05, 3.63) is 30.3 Å². The molecule has 1 rings (SSSR count). The number of anilines is 1. The predicted octanol–water partition coefficient (Wildman–Crippen LogP) is 2.09. The molecule has 1 aromatic rings. The van der Waals surface area contributed by atoms with Gasteiger partial charge in [0.15, 0.2) is 5.78 Å². The van der Waals surface area contributed by atoms with Crippen LogP contribution < -0.4 is 5.32 Å². The number of para-hydroxylation sites is 1. The third kappa shape index (κ3) is 5.18. The Balaban J connectivity index is 2.23. The highest BCUT2D eigenvalue weighted by Gasteiger charge is 2.02. The number of carbonyl (C=O) groups excluding carboxylic acids is 1. The Hall–Kier alpha value is -1.35. The summed E-state index contributed by atoms with van der Waals surface area (Å²) in [5.41, 5.74) is 0.954. The molecule has 0 aliphatic carbocycles. The quantitative estimate of drug-likeness (QED) is 0.776. The van der Waals surface area contributed by atoms with Crippen LogP contribution in [0.25, 0.3) is 0 Å². The number of nitrogens with one attached hydrogen (secondary N) is 1. The molecule has 0 saturated carbocycles. The number of Topliss-reactive ketones (excluding diaryl/α,β-unsaturated/α-hetero) is 1. The molecule has 1 aromatic carbocycles. The van der Waals surface area contributed by atoms with E-state index in [1.54, 1.807) is 0 Å². The average Bonchev–Trinajstić information content (AvgIpc) is 2.25. The fourth-order valence-corrected chi connectivity index (χ4v) is 1.07. The molecule has 1 N–H and O–H groups in total. The maximum absolute atomic E-state index is 11.3. The van der Waals surface area contributed by atoms with Gasteiger partial charge in [-0.05, 0) is 26.0 Å². The van der Waals surface area contributed by atoms with Crippen LogP contribution in [0, 0.1) is 0 Å². The van der Waals surface area contributed by atoms with E-state index in [0.717, 1.165) is 5.69 Å². The fraction of sp³-hybridized carbons (Fsp3) is 0.417. The van der Waals surface area contributed by atoms with Gasteiger partial charge < -0.3 is 10.1 Å². The average molecular weight is 207 g/mol. The van der Waals surface area contributed by atoms with E-state index in [9.17, 15) is 4.79 Å². The Bertz CT molecular complexity index is 296. The third-order valence-corrected chi connectivity index (χ3v) is 1.84. The first-order valence-corrected chi connectivity index (χ1v) is 5.10. The Morgan fingerprint density at radius 1 is 1.33 bits per heavy atom. The summed E-state index contributed by atoms with van der Waals surface area (Å²) in [6, 6.07) is 9.65. The van der Waals surface area contributed by atoms with Crippen molar-refractivity contribution in [3.63, 3.8) is 0 Å². The molecule has 82 valence electrons. The van der Waals surface area contributed by atoms with Gasteiger partial charge in [0.25, 0.3) is 0 Å². The smallest absolute Gasteiger partial charge is 0.177 e.